The van der Waals surface area contributed by atoms with Gasteiger partial charge in [-0.05, 0) is 56.7 Å². The number of rotatable bonds is 7. The van der Waals surface area contributed by atoms with Gasteiger partial charge in [-0.25, -0.2) is 4.98 Å². The van der Waals surface area contributed by atoms with Gasteiger partial charge in [0.1, 0.15) is 0 Å². The van der Waals surface area contributed by atoms with Crippen molar-refractivity contribution in [3.63, 3.8) is 0 Å². The van der Waals surface area contributed by atoms with E-state index in [2.05, 4.69) is 16.4 Å². The second-order valence-corrected chi connectivity index (χ2v) is 6.95. The molecule has 0 bridgehead atoms. The zero-order valence-electron chi connectivity index (χ0n) is 16.3. The first-order chi connectivity index (χ1) is 14.0. The summed E-state index contributed by atoms with van der Waals surface area (Å²) >= 11 is 6.12. The van der Waals surface area contributed by atoms with E-state index in [1.165, 1.54) is 0 Å². The van der Waals surface area contributed by atoms with Gasteiger partial charge >= 0.3 is 0 Å². The number of ether oxygens (including phenoxy) is 1. The molecule has 0 radical (unpaired) electrons. The van der Waals surface area contributed by atoms with Crippen LogP contribution in [0.5, 0.6) is 5.75 Å². The Morgan fingerprint density at radius 3 is 2.86 bits per heavy atom. The molecule has 0 saturated heterocycles. The average Bonchev–Trinajstić information content (AvgIpc) is 3.00. The number of pyridine rings is 1. The highest BCUT2D eigenvalue weighted by Crippen LogP contribution is 2.26. The van der Waals surface area contributed by atoms with Gasteiger partial charge in [0.25, 0.3) is 5.91 Å². The largest absolute Gasteiger partial charge is 0.490 e. The Morgan fingerprint density at radius 2 is 2.10 bits per heavy atom. The first-order valence-corrected chi connectivity index (χ1v) is 9.60. The molecule has 0 fully saturated rings. The molecule has 6 nitrogen and oxygen atoms in total. The van der Waals surface area contributed by atoms with Crippen LogP contribution in [-0.2, 0) is 0 Å². The molecule has 1 aromatic carbocycles. The maximum Gasteiger partial charge on any atom is 0.258 e. The van der Waals surface area contributed by atoms with Gasteiger partial charge in [-0.3, -0.25) is 4.79 Å². The van der Waals surface area contributed by atoms with Crippen molar-refractivity contribution in [3.05, 3.63) is 70.6 Å². The number of hydrogen-bond donors (Lipinski definition) is 1. The molecule has 7 heteroatoms. The van der Waals surface area contributed by atoms with Crippen molar-refractivity contribution in [2.45, 2.75) is 26.7 Å². The van der Waals surface area contributed by atoms with Crippen LogP contribution in [0.2, 0.25) is 5.02 Å². The Balaban J connectivity index is 1.82. The smallest absolute Gasteiger partial charge is 0.258 e. The average molecular weight is 409 g/mol. The molecule has 1 N–H and O–H groups in total. The highest BCUT2D eigenvalue weighted by atomic mass is 35.5. The predicted molar refractivity (Wildman–Crippen MR) is 113 cm³/mol. The van der Waals surface area contributed by atoms with E-state index in [4.69, 9.17) is 21.6 Å². The number of amides is 1. The van der Waals surface area contributed by atoms with E-state index >= 15 is 0 Å². The molecular formula is C22H21ClN4O2. The van der Waals surface area contributed by atoms with Crippen LogP contribution in [-0.4, -0.2) is 22.1 Å². The van der Waals surface area contributed by atoms with Gasteiger partial charge in [0.2, 0.25) is 0 Å². The summed E-state index contributed by atoms with van der Waals surface area (Å²) in [5.41, 5.74) is 3.16. The van der Waals surface area contributed by atoms with Gasteiger partial charge in [-0.15, -0.1) is 0 Å². The van der Waals surface area contributed by atoms with Crippen molar-refractivity contribution < 1.29 is 9.53 Å². The van der Waals surface area contributed by atoms with Crippen LogP contribution in [0.1, 0.15) is 34.6 Å². The molecule has 0 spiro atoms. The zero-order valence-corrected chi connectivity index (χ0v) is 17.0. The van der Waals surface area contributed by atoms with Crippen LogP contribution in [0.15, 0.2) is 48.7 Å². The fraction of sp³-hybridized carbons (Fsp3) is 0.227. The number of hydrogen-bond acceptors (Lipinski definition) is 4. The highest BCUT2D eigenvalue weighted by molar-refractivity contribution is 6.30. The van der Waals surface area contributed by atoms with Gasteiger partial charge in [0, 0.05) is 34.7 Å². The number of anilines is 1. The van der Waals surface area contributed by atoms with E-state index in [-0.39, 0.29) is 5.91 Å². The predicted octanol–water partition coefficient (Wildman–Crippen LogP) is 5.08. The molecule has 2 aromatic heterocycles. The van der Waals surface area contributed by atoms with E-state index in [0.29, 0.717) is 41.6 Å². The molecule has 2 heterocycles. The molecule has 0 unspecified atom stereocenters. The number of halogens is 1. The van der Waals surface area contributed by atoms with Crippen LogP contribution < -0.4 is 10.1 Å². The Kier molecular flexibility index (Phi) is 6.53. The van der Waals surface area contributed by atoms with Crippen molar-refractivity contribution >= 4 is 23.3 Å². The number of nitrogens with one attached hydrogen (secondary N) is 1. The van der Waals surface area contributed by atoms with Crippen LogP contribution in [0, 0.1) is 25.2 Å². The fourth-order valence-corrected chi connectivity index (χ4v) is 3.30. The number of carbonyl (C=O) groups excluding carboxylic acids is 1. The molecule has 1 amide bonds. The second-order valence-electron chi connectivity index (χ2n) is 6.51. The molecule has 0 aliphatic carbocycles. The molecule has 0 atom stereocenters. The van der Waals surface area contributed by atoms with Gasteiger partial charge in [-0.2, -0.15) is 5.26 Å². The van der Waals surface area contributed by atoms with E-state index < -0.39 is 0 Å². The minimum absolute atomic E-state index is 0.271. The van der Waals surface area contributed by atoms with Crippen molar-refractivity contribution in [2.75, 3.05) is 11.9 Å². The summed E-state index contributed by atoms with van der Waals surface area (Å²) in [4.78, 5) is 17.2. The third kappa shape index (κ3) is 4.76. The summed E-state index contributed by atoms with van der Waals surface area (Å²) < 4.78 is 7.65. The standard InChI is InChI=1S/C22H21ClN4O2/c1-15-13-19(16(2)27(15)18-8-5-7-17(23)14-18)22(28)26-21-20(9-6-11-25-21)29-12-4-3-10-24/h5-9,11,13-14H,3-4,12H2,1-2H3,(H,25,26,28). The topological polar surface area (TPSA) is 79.9 Å². The Labute approximate surface area is 174 Å². The normalized spacial score (nSPS) is 10.4. The lowest BCUT2D eigenvalue weighted by Crippen LogP contribution is -2.15. The van der Waals surface area contributed by atoms with Crippen molar-refractivity contribution in [2.24, 2.45) is 0 Å². The zero-order chi connectivity index (χ0) is 20.8. The monoisotopic (exact) mass is 408 g/mol. The van der Waals surface area contributed by atoms with E-state index in [1.807, 2.05) is 48.7 Å². The molecule has 0 saturated carbocycles. The Bertz CT molecular complexity index is 1070. The summed E-state index contributed by atoms with van der Waals surface area (Å²) in [6, 6.07) is 14.9. The molecule has 148 valence electrons. The highest BCUT2D eigenvalue weighted by Gasteiger charge is 2.18. The van der Waals surface area contributed by atoms with E-state index in [9.17, 15) is 4.79 Å². The number of carbonyl (C=O) groups is 1. The van der Waals surface area contributed by atoms with Gasteiger partial charge in [0.15, 0.2) is 11.6 Å². The number of aryl methyl sites for hydroxylation is 1. The number of unbranched alkanes of at least 4 members (excludes halogenated alkanes) is 1. The molecule has 3 aromatic rings. The SMILES string of the molecule is Cc1cc(C(=O)Nc2ncccc2OCCCC#N)c(C)n1-c1cccc(Cl)c1. The first-order valence-electron chi connectivity index (χ1n) is 9.22. The van der Waals surface area contributed by atoms with Crippen LogP contribution in [0.3, 0.4) is 0 Å². The summed E-state index contributed by atoms with van der Waals surface area (Å²) in [6.45, 7) is 4.21. The number of aromatic nitrogens is 2. The van der Waals surface area contributed by atoms with E-state index in [0.717, 1.165) is 17.1 Å². The maximum atomic E-state index is 12.9. The summed E-state index contributed by atoms with van der Waals surface area (Å²) in [7, 11) is 0. The maximum absolute atomic E-state index is 12.9. The van der Waals surface area contributed by atoms with Crippen molar-refractivity contribution in [1.82, 2.24) is 9.55 Å². The third-order valence-electron chi connectivity index (χ3n) is 4.44. The summed E-state index contributed by atoms with van der Waals surface area (Å²) in [5.74, 6) is 0.552. The molecule has 0 aliphatic heterocycles. The quantitative estimate of drug-likeness (QED) is 0.553. The third-order valence-corrected chi connectivity index (χ3v) is 4.67. The first kappa shape index (κ1) is 20.4. The fourth-order valence-electron chi connectivity index (χ4n) is 3.11. The summed E-state index contributed by atoms with van der Waals surface area (Å²) in [5, 5.41) is 12.1. The van der Waals surface area contributed by atoms with E-state index in [1.54, 1.807) is 18.3 Å². The number of nitriles is 1. The molecule has 3 rings (SSSR count). The van der Waals surface area contributed by atoms with Gasteiger partial charge < -0.3 is 14.6 Å². The summed E-state index contributed by atoms with van der Waals surface area (Å²) in [6.07, 6.45) is 2.62. The van der Waals surface area contributed by atoms with Crippen molar-refractivity contribution in [1.29, 1.82) is 5.26 Å². The number of nitrogens with zero attached hydrogens (tertiary/aromatic N) is 3. The van der Waals surface area contributed by atoms with Crippen molar-refractivity contribution in [3.8, 4) is 17.5 Å². The number of benzene rings is 1. The lowest BCUT2D eigenvalue weighted by Gasteiger charge is -2.12. The van der Waals surface area contributed by atoms with Crippen LogP contribution in [0.4, 0.5) is 5.82 Å². The van der Waals surface area contributed by atoms with Crippen LogP contribution in [0.25, 0.3) is 5.69 Å². The Hall–Kier alpha value is -3.30. The second kappa shape index (κ2) is 9.26. The lowest BCUT2D eigenvalue weighted by molar-refractivity contribution is 0.102. The Morgan fingerprint density at radius 1 is 1.28 bits per heavy atom. The molecular weight excluding hydrogens is 388 g/mol. The molecule has 29 heavy (non-hydrogen) atoms. The van der Waals surface area contributed by atoms with Gasteiger partial charge in [-0.1, -0.05) is 17.7 Å². The molecule has 0 aliphatic rings. The minimum Gasteiger partial charge on any atom is -0.490 e. The minimum atomic E-state index is -0.271. The van der Waals surface area contributed by atoms with Gasteiger partial charge in [0.05, 0.1) is 18.2 Å². The van der Waals surface area contributed by atoms with Crippen LogP contribution >= 0.6 is 11.6 Å². The lowest BCUT2D eigenvalue weighted by atomic mass is 10.2.